The number of Topliss-reactive ketones (excluding diaryl/α,β-unsaturated/α-hetero) is 1. The molecule has 5 heteroatoms. The van der Waals surface area contributed by atoms with Crippen molar-refractivity contribution >= 4 is 45.5 Å². The Morgan fingerprint density at radius 3 is 2.59 bits per heavy atom. The summed E-state index contributed by atoms with van der Waals surface area (Å²) in [5.41, 5.74) is 0.854. The molecule has 1 saturated heterocycles. The Labute approximate surface area is 131 Å². The number of imide groups is 1. The molecule has 0 bridgehead atoms. The zero-order valence-electron chi connectivity index (χ0n) is 11.9. The minimum atomic E-state index is -0.404. The fourth-order valence-electron chi connectivity index (χ4n) is 2.31. The zero-order chi connectivity index (χ0) is 15.7. The highest BCUT2D eigenvalue weighted by atomic mass is 32.2. The second kappa shape index (κ2) is 5.77. The molecule has 22 heavy (non-hydrogen) atoms. The van der Waals surface area contributed by atoms with Crippen molar-refractivity contribution < 1.29 is 14.4 Å². The monoisotopic (exact) mass is 311 g/mol. The molecule has 1 heterocycles. The lowest BCUT2D eigenvalue weighted by Crippen LogP contribution is -2.32. The first-order chi connectivity index (χ1) is 10.5. The van der Waals surface area contributed by atoms with Gasteiger partial charge in [-0.05, 0) is 47.2 Å². The molecule has 0 N–H and O–H groups in total. The molecule has 0 saturated carbocycles. The summed E-state index contributed by atoms with van der Waals surface area (Å²) in [5.74, 6) is -0.618. The third kappa shape index (κ3) is 2.80. The standard InChI is InChI=1S/C17H13NO3S/c1-11(19)10-18-16(20)15(22-17(18)21)9-12-6-7-13-4-2-3-5-14(13)8-12/h2-9H,10H2,1H3/b15-9-. The Hall–Kier alpha value is -2.40. The van der Waals surface area contributed by atoms with E-state index < -0.39 is 11.1 Å². The van der Waals surface area contributed by atoms with Crippen molar-refractivity contribution in [1.82, 2.24) is 4.90 Å². The molecule has 0 aliphatic carbocycles. The molecule has 2 aromatic carbocycles. The topological polar surface area (TPSA) is 54.5 Å². The normalized spacial score (nSPS) is 16.8. The van der Waals surface area contributed by atoms with E-state index in [0.717, 1.165) is 33.0 Å². The minimum absolute atomic E-state index is 0.167. The predicted molar refractivity (Wildman–Crippen MR) is 87.3 cm³/mol. The van der Waals surface area contributed by atoms with Gasteiger partial charge in [0.2, 0.25) is 0 Å². The number of hydrogen-bond donors (Lipinski definition) is 0. The van der Waals surface area contributed by atoms with Gasteiger partial charge < -0.3 is 0 Å². The van der Waals surface area contributed by atoms with Crippen molar-refractivity contribution in [1.29, 1.82) is 0 Å². The molecule has 3 rings (SSSR count). The number of fused-ring (bicyclic) bond motifs is 1. The first-order valence-electron chi connectivity index (χ1n) is 6.78. The van der Waals surface area contributed by atoms with Gasteiger partial charge in [-0.2, -0.15) is 0 Å². The van der Waals surface area contributed by atoms with Gasteiger partial charge in [-0.1, -0.05) is 36.4 Å². The molecule has 0 atom stereocenters. The summed E-state index contributed by atoms with van der Waals surface area (Å²) in [6, 6.07) is 13.8. The van der Waals surface area contributed by atoms with E-state index in [1.165, 1.54) is 6.92 Å². The van der Waals surface area contributed by atoms with Gasteiger partial charge in [-0.25, -0.2) is 0 Å². The highest BCUT2D eigenvalue weighted by molar-refractivity contribution is 8.18. The van der Waals surface area contributed by atoms with Crippen LogP contribution in [0.1, 0.15) is 12.5 Å². The van der Waals surface area contributed by atoms with Crippen LogP contribution in [0.25, 0.3) is 16.8 Å². The van der Waals surface area contributed by atoms with Crippen molar-refractivity contribution in [3.8, 4) is 0 Å². The maximum Gasteiger partial charge on any atom is 0.293 e. The fourth-order valence-corrected chi connectivity index (χ4v) is 3.15. The smallest absolute Gasteiger partial charge is 0.293 e. The third-order valence-electron chi connectivity index (χ3n) is 3.33. The molecule has 0 radical (unpaired) electrons. The highest BCUT2D eigenvalue weighted by Gasteiger charge is 2.35. The number of carbonyl (C=O) groups excluding carboxylic acids is 3. The Balaban J connectivity index is 1.92. The molecule has 2 aromatic rings. The molecule has 4 nitrogen and oxygen atoms in total. The van der Waals surface area contributed by atoms with Crippen molar-refractivity contribution in [3.63, 3.8) is 0 Å². The molecule has 2 amide bonds. The first-order valence-corrected chi connectivity index (χ1v) is 7.60. The molecule has 110 valence electrons. The van der Waals surface area contributed by atoms with E-state index in [2.05, 4.69) is 0 Å². The van der Waals surface area contributed by atoms with Crippen LogP contribution in [-0.2, 0) is 9.59 Å². The van der Waals surface area contributed by atoms with Crippen LogP contribution in [-0.4, -0.2) is 28.4 Å². The maximum atomic E-state index is 12.2. The lowest BCUT2D eigenvalue weighted by molar-refractivity contribution is -0.127. The summed E-state index contributed by atoms with van der Waals surface area (Å²) >= 11 is 0.870. The zero-order valence-corrected chi connectivity index (χ0v) is 12.7. The number of thioether (sulfide) groups is 1. The van der Waals surface area contributed by atoms with Crippen LogP contribution >= 0.6 is 11.8 Å². The van der Waals surface area contributed by atoms with E-state index in [1.807, 2.05) is 42.5 Å². The van der Waals surface area contributed by atoms with Gasteiger partial charge in [-0.15, -0.1) is 0 Å². The van der Waals surface area contributed by atoms with E-state index >= 15 is 0 Å². The van der Waals surface area contributed by atoms with Gasteiger partial charge in [0.25, 0.3) is 11.1 Å². The molecule has 1 aliphatic heterocycles. The number of nitrogens with zero attached hydrogens (tertiary/aromatic N) is 1. The summed E-state index contributed by atoms with van der Waals surface area (Å²) in [6.45, 7) is 1.19. The average Bonchev–Trinajstić information content (AvgIpc) is 2.74. The van der Waals surface area contributed by atoms with Crippen molar-refractivity contribution in [2.24, 2.45) is 0 Å². The summed E-state index contributed by atoms with van der Waals surface area (Å²) < 4.78 is 0. The molecular formula is C17H13NO3S. The maximum absolute atomic E-state index is 12.2. The Kier molecular flexibility index (Phi) is 3.81. The van der Waals surface area contributed by atoms with Crippen LogP contribution in [0, 0.1) is 0 Å². The summed E-state index contributed by atoms with van der Waals surface area (Å²) in [4.78, 5) is 36.5. The van der Waals surface area contributed by atoms with Crippen LogP contribution < -0.4 is 0 Å². The van der Waals surface area contributed by atoms with E-state index in [0.29, 0.717) is 4.91 Å². The van der Waals surface area contributed by atoms with Crippen LogP contribution in [0.2, 0.25) is 0 Å². The number of rotatable bonds is 3. The second-order valence-electron chi connectivity index (χ2n) is 5.08. The number of benzene rings is 2. The Bertz CT molecular complexity index is 826. The molecular weight excluding hydrogens is 298 g/mol. The van der Waals surface area contributed by atoms with Gasteiger partial charge in [0.15, 0.2) is 0 Å². The van der Waals surface area contributed by atoms with Gasteiger partial charge >= 0.3 is 0 Å². The van der Waals surface area contributed by atoms with Gasteiger partial charge in [0.05, 0.1) is 11.4 Å². The van der Waals surface area contributed by atoms with Gasteiger partial charge in [-0.3, -0.25) is 19.3 Å². The van der Waals surface area contributed by atoms with E-state index in [9.17, 15) is 14.4 Å². The van der Waals surface area contributed by atoms with Crippen molar-refractivity contribution in [3.05, 3.63) is 52.9 Å². The summed E-state index contributed by atoms with van der Waals surface area (Å²) in [6.07, 6.45) is 1.69. The quantitative estimate of drug-likeness (QED) is 0.815. The summed E-state index contributed by atoms with van der Waals surface area (Å²) in [5, 5.41) is 1.79. The Morgan fingerprint density at radius 2 is 1.86 bits per heavy atom. The molecule has 1 fully saturated rings. The number of ketones is 1. The first kappa shape index (κ1) is 14.5. The molecule has 1 aliphatic rings. The number of carbonyl (C=O) groups is 3. The number of hydrogen-bond acceptors (Lipinski definition) is 4. The van der Waals surface area contributed by atoms with E-state index in [1.54, 1.807) is 6.08 Å². The minimum Gasteiger partial charge on any atom is -0.298 e. The average molecular weight is 311 g/mol. The third-order valence-corrected chi connectivity index (χ3v) is 4.23. The Morgan fingerprint density at radius 1 is 1.14 bits per heavy atom. The lowest BCUT2D eigenvalue weighted by atomic mass is 10.1. The van der Waals surface area contributed by atoms with Crippen LogP contribution in [0.4, 0.5) is 4.79 Å². The van der Waals surface area contributed by atoms with Crippen molar-refractivity contribution in [2.75, 3.05) is 6.54 Å². The second-order valence-corrected chi connectivity index (χ2v) is 6.07. The molecule has 0 spiro atoms. The van der Waals surface area contributed by atoms with Crippen molar-refractivity contribution in [2.45, 2.75) is 6.92 Å². The largest absolute Gasteiger partial charge is 0.298 e. The molecule has 0 unspecified atom stereocenters. The van der Waals surface area contributed by atoms with Gasteiger partial charge in [0, 0.05) is 0 Å². The highest BCUT2D eigenvalue weighted by Crippen LogP contribution is 2.32. The van der Waals surface area contributed by atoms with Crippen LogP contribution in [0.5, 0.6) is 0 Å². The van der Waals surface area contributed by atoms with Crippen LogP contribution in [0.15, 0.2) is 47.4 Å². The van der Waals surface area contributed by atoms with E-state index in [4.69, 9.17) is 0 Å². The van der Waals surface area contributed by atoms with Crippen LogP contribution in [0.3, 0.4) is 0 Å². The summed E-state index contributed by atoms with van der Waals surface area (Å²) in [7, 11) is 0. The van der Waals surface area contributed by atoms with Gasteiger partial charge in [0.1, 0.15) is 5.78 Å². The molecule has 0 aromatic heterocycles. The SMILES string of the molecule is CC(=O)CN1C(=O)S/C(=C\c2ccc3ccccc3c2)C1=O. The van der Waals surface area contributed by atoms with E-state index in [-0.39, 0.29) is 12.3 Å². The predicted octanol–water partition coefficient (Wildman–Crippen LogP) is 3.47. The lowest BCUT2D eigenvalue weighted by Gasteiger charge is -2.08. The fraction of sp³-hybridized carbons (Fsp3) is 0.118. The number of amides is 2.